The normalized spacial score (nSPS) is 29.3. The van der Waals surface area contributed by atoms with Gasteiger partial charge < -0.3 is 10.2 Å². The van der Waals surface area contributed by atoms with Gasteiger partial charge in [-0.3, -0.25) is 4.79 Å². The zero-order chi connectivity index (χ0) is 14.1. The van der Waals surface area contributed by atoms with Crippen molar-refractivity contribution in [1.29, 1.82) is 0 Å². The number of hydrogen-bond donors (Lipinski definition) is 1. The number of nitrogens with zero attached hydrogens (tertiary/aromatic N) is 1. The fourth-order valence-corrected chi connectivity index (χ4v) is 3.46. The summed E-state index contributed by atoms with van der Waals surface area (Å²) in [5.74, 6) is 1.06. The van der Waals surface area contributed by atoms with Crippen molar-refractivity contribution in [3.63, 3.8) is 0 Å². The molecule has 1 aliphatic carbocycles. The number of nitrogens with one attached hydrogen (secondary N) is 1. The summed E-state index contributed by atoms with van der Waals surface area (Å²) in [6.45, 7) is 3.97. The topological polar surface area (TPSA) is 32.3 Å². The lowest BCUT2D eigenvalue weighted by molar-refractivity contribution is -0.134. The number of benzene rings is 1. The molecule has 1 heterocycles. The van der Waals surface area contributed by atoms with Gasteiger partial charge in [-0.25, -0.2) is 0 Å². The minimum atomic E-state index is 0.228. The van der Waals surface area contributed by atoms with Crippen molar-refractivity contribution in [1.82, 2.24) is 10.2 Å². The zero-order valence-corrected chi connectivity index (χ0v) is 12.4. The number of likely N-dealkylation sites (N-methyl/N-ethyl adjacent to an activating group) is 1. The van der Waals surface area contributed by atoms with Crippen LogP contribution in [0.2, 0.25) is 0 Å². The summed E-state index contributed by atoms with van der Waals surface area (Å²) >= 11 is 0. The van der Waals surface area contributed by atoms with E-state index in [1.54, 1.807) is 0 Å². The Morgan fingerprint density at radius 3 is 2.90 bits per heavy atom. The zero-order valence-electron chi connectivity index (χ0n) is 12.4. The van der Waals surface area contributed by atoms with Crippen LogP contribution in [0.15, 0.2) is 24.3 Å². The molecule has 3 atom stereocenters. The molecule has 1 aliphatic heterocycles. The number of hydrogen-bond acceptors (Lipinski definition) is 2. The molecule has 0 aromatic heterocycles. The monoisotopic (exact) mass is 272 g/mol. The van der Waals surface area contributed by atoms with Crippen molar-refractivity contribution < 1.29 is 4.79 Å². The summed E-state index contributed by atoms with van der Waals surface area (Å²) in [6, 6.07) is 8.95. The minimum Gasteiger partial charge on any atom is -0.341 e. The maximum Gasteiger partial charge on any atom is 0.226 e. The number of carbonyl (C=O) groups excluding carboxylic acids is 1. The SMILES string of the molecule is CN[C@@H]1CCCN(C(=O)[C@@H]2C[C@H]2c2ccccc2C)C1. The Morgan fingerprint density at radius 2 is 2.15 bits per heavy atom. The summed E-state index contributed by atoms with van der Waals surface area (Å²) < 4.78 is 0. The molecule has 20 heavy (non-hydrogen) atoms. The first kappa shape index (κ1) is 13.6. The molecule has 0 bridgehead atoms. The molecule has 3 rings (SSSR count). The van der Waals surface area contributed by atoms with Crippen molar-refractivity contribution in [3.05, 3.63) is 35.4 Å². The van der Waals surface area contributed by atoms with Gasteiger partial charge in [0.1, 0.15) is 0 Å². The summed E-state index contributed by atoms with van der Waals surface area (Å²) in [4.78, 5) is 14.7. The van der Waals surface area contributed by atoms with Crippen LogP contribution in [-0.2, 0) is 4.79 Å². The molecular weight excluding hydrogens is 248 g/mol. The third-order valence-electron chi connectivity index (χ3n) is 4.84. The van der Waals surface area contributed by atoms with Gasteiger partial charge >= 0.3 is 0 Å². The molecule has 1 N–H and O–H groups in total. The first-order valence-corrected chi connectivity index (χ1v) is 7.72. The van der Waals surface area contributed by atoms with Crippen molar-refractivity contribution in [2.75, 3.05) is 20.1 Å². The fourth-order valence-electron chi connectivity index (χ4n) is 3.46. The molecule has 2 aliphatic rings. The van der Waals surface area contributed by atoms with Gasteiger partial charge in [-0.15, -0.1) is 0 Å². The minimum absolute atomic E-state index is 0.228. The molecule has 0 spiro atoms. The lowest BCUT2D eigenvalue weighted by atomic mass is 10.0. The molecule has 1 saturated heterocycles. The van der Waals surface area contributed by atoms with Crippen molar-refractivity contribution in [2.24, 2.45) is 5.92 Å². The van der Waals surface area contributed by atoms with E-state index in [-0.39, 0.29) is 5.92 Å². The van der Waals surface area contributed by atoms with Crippen LogP contribution in [0.25, 0.3) is 0 Å². The molecule has 108 valence electrons. The maximum atomic E-state index is 12.6. The Hall–Kier alpha value is -1.35. The van der Waals surface area contributed by atoms with E-state index in [4.69, 9.17) is 0 Å². The molecule has 1 amide bonds. The third kappa shape index (κ3) is 2.59. The van der Waals surface area contributed by atoms with E-state index in [1.165, 1.54) is 17.5 Å². The summed E-state index contributed by atoms with van der Waals surface area (Å²) in [7, 11) is 1.99. The highest BCUT2D eigenvalue weighted by Crippen LogP contribution is 2.49. The van der Waals surface area contributed by atoms with Crippen LogP contribution in [0, 0.1) is 12.8 Å². The number of piperidine rings is 1. The van der Waals surface area contributed by atoms with Gasteiger partial charge in [0.25, 0.3) is 0 Å². The average molecular weight is 272 g/mol. The largest absolute Gasteiger partial charge is 0.341 e. The van der Waals surface area contributed by atoms with Crippen molar-refractivity contribution in [3.8, 4) is 0 Å². The first-order chi connectivity index (χ1) is 9.70. The molecule has 1 aromatic rings. The molecule has 3 nitrogen and oxygen atoms in total. The highest BCUT2D eigenvalue weighted by Gasteiger charge is 2.46. The van der Waals surface area contributed by atoms with Gasteiger partial charge in [-0.2, -0.15) is 0 Å². The van der Waals surface area contributed by atoms with E-state index in [1.807, 2.05) is 7.05 Å². The molecular formula is C17H24N2O. The second kappa shape index (κ2) is 5.57. The predicted octanol–water partition coefficient (Wildman–Crippen LogP) is 2.31. The summed E-state index contributed by atoms with van der Waals surface area (Å²) in [5.41, 5.74) is 2.69. The van der Waals surface area contributed by atoms with E-state index in [2.05, 4.69) is 41.4 Å². The predicted molar refractivity (Wildman–Crippen MR) is 80.7 cm³/mol. The van der Waals surface area contributed by atoms with Crippen LogP contribution in [0.3, 0.4) is 0 Å². The molecule has 2 fully saturated rings. The van der Waals surface area contributed by atoms with Crippen LogP contribution < -0.4 is 5.32 Å². The maximum absolute atomic E-state index is 12.6. The average Bonchev–Trinajstić information content (AvgIpc) is 3.27. The fraction of sp³-hybridized carbons (Fsp3) is 0.588. The quantitative estimate of drug-likeness (QED) is 0.916. The van der Waals surface area contributed by atoms with Crippen LogP contribution in [0.4, 0.5) is 0 Å². The molecule has 0 radical (unpaired) electrons. The van der Waals surface area contributed by atoms with E-state index in [9.17, 15) is 4.79 Å². The van der Waals surface area contributed by atoms with Gasteiger partial charge in [0.15, 0.2) is 0 Å². The number of aryl methyl sites for hydroxylation is 1. The lowest BCUT2D eigenvalue weighted by Crippen LogP contribution is -2.47. The Kier molecular flexibility index (Phi) is 3.79. The van der Waals surface area contributed by atoms with Crippen LogP contribution in [-0.4, -0.2) is 37.0 Å². The molecule has 1 saturated carbocycles. The number of carbonyl (C=O) groups is 1. The lowest BCUT2D eigenvalue weighted by Gasteiger charge is -2.32. The Balaban J connectivity index is 1.64. The van der Waals surface area contributed by atoms with E-state index < -0.39 is 0 Å². The first-order valence-electron chi connectivity index (χ1n) is 7.72. The van der Waals surface area contributed by atoms with E-state index >= 15 is 0 Å². The Bertz CT molecular complexity index is 500. The Morgan fingerprint density at radius 1 is 1.35 bits per heavy atom. The van der Waals surface area contributed by atoms with Gasteiger partial charge in [-0.1, -0.05) is 24.3 Å². The molecule has 3 heteroatoms. The number of likely N-dealkylation sites (tertiary alicyclic amines) is 1. The number of amides is 1. The van der Waals surface area contributed by atoms with Gasteiger partial charge in [0, 0.05) is 25.0 Å². The molecule has 1 aromatic carbocycles. The van der Waals surface area contributed by atoms with Crippen LogP contribution >= 0.6 is 0 Å². The van der Waals surface area contributed by atoms with Crippen LogP contribution in [0.1, 0.15) is 36.3 Å². The van der Waals surface area contributed by atoms with Crippen LogP contribution in [0.5, 0.6) is 0 Å². The third-order valence-corrected chi connectivity index (χ3v) is 4.84. The molecule has 0 unspecified atom stereocenters. The smallest absolute Gasteiger partial charge is 0.226 e. The van der Waals surface area contributed by atoms with E-state index in [0.29, 0.717) is 17.9 Å². The van der Waals surface area contributed by atoms with Gasteiger partial charge in [0.05, 0.1) is 0 Å². The summed E-state index contributed by atoms with van der Waals surface area (Å²) in [5, 5.41) is 3.31. The van der Waals surface area contributed by atoms with Gasteiger partial charge in [-0.05, 0) is 50.3 Å². The Labute approximate surface area is 121 Å². The van der Waals surface area contributed by atoms with Crippen molar-refractivity contribution in [2.45, 2.75) is 38.1 Å². The highest BCUT2D eigenvalue weighted by molar-refractivity contribution is 5.83. The highest BCUT2D eigenvalue weighted by atomic mass is 16.2. The second-order valence-corrected chi connectivity index (χ2v) is 6.22. The second-order valence-electron chi connectivity index (χ2n) is 6.22. The van der Waals surface area contributed by atoms with Gasteiger partial charge in [0.2, 0.25) is 5.91 Å². The standard InChI is InChI=1S/C17H24N2O/c1-12-6-3-4-8-14(12)15-10-16(15)17(20)19-9-5-7-13(11-19)18-2/h3-4,6,8,13,15-16,18H,5,7,9-11H2,1-2H3/t13-,15+,16-/m1/s1. The van der Waals surface area contributed by atoms with Crippen molar-refractivity contribution >= 4 is 5.91 Å². The van der Waals surface area contributed by atoms with E-state index in [0.717, 1.165) is 25.9 Å². The number of rotatable bonds is 3. The summed E-state index contributed by atoms with van der Waals surface area (Å²) in [6.07, 6.45) is 3.34.